The van der Waals surface area contributed by atoms with Gasteiger partial charge in [0.05, 0.1) is 5.56 Å². The van der Waals surface area contributed by atoms with Crippen LogP contribution >= 0.6 is 0 Å². The minimum Gasteiger partial charge on any atom is -0.455 e. The molecular weight excluding hydrogens is 433 g/mol. The predicted octanol–water partition coefficient (Wildman–Crippen LogP) is 5.29. The van der Waals surface area contributed by atoms with Gasteiger partial charge in [0.15, 0.2) is 5.76 Å². The van der Waals surface area contributed by atoms with Crippen LogP contribution in [0.1, 0.15) is 41.2 Å². The van der Waals surface area contributed by atoms with Gasteiger partial charge in [-0.15, -0.1) is 0 Å². The molecule has 170 valence electrons. The summed E-state index contributed by atoms with van der Waals surface area (Å²) in [6.45, 7) is -0.0176. The van der Waals surface area contributed by atoms with E-state index in [2.05, 4.69) is 5.16 Å². The first-order valence-electron chi connectivity index (χ1n) is 10.7. The van der Waals surface area contributed by atoms with Crippen molar-refractivity contribution in [1.29, 1.82) is 0 Å². The number of aryl methyl sites for hydroxylation is 1. The molecule has 2 heterocycles. The number of alkyl halides is 3. The monoisotopic (exact) mass is 454 g/mol. The standard InChI is InChI=1S/C25H21F3N2O3/c26-25(27,28)17-8-3-7-16(13-17)20-11-12-21(33-20)22-24(23(29)31,14-32-30-22)19-10-4-6-15-5-1-2-9-18(15)19/h1-3,5,7-9,11-13,19H,4,6,10,14H2,(H2,29,31). The van der Waals surface area contributed by atoms with Gasteiger partial charge in [0.25, 0.3) is 0 Å². The number of oxime groups is 1. The van der Waals surface area contributed by atoms with Gasteiger partial charge in [0, 0.05) is 11.5 Å². The highest BCUT2D eigenvalue weighted by atomic mass is 19.4. The van der Waals surface area contributed by atoms with E-state index >= 15 is 0 Å². The van der Waals surface area contributed by atoms with Crippen molar-refractivity contribution in [2.75, 3.05) is 6.61 Å². The molecule has 2 N–H and O–H groups in total. The smallest absolute Gasteiger partial charge is 0.416 e. The summed E-state index contributed by atoms with van der Waals surface area (Å²) in [5.74, 6) is -0.337. The zero-order chi connectivity index (χ0) is 23.2. The first-order chi connectivity index (χ1) is 15.8. The summed E-state index contributed by atoms with van der Waals surface area (Å²) in [6, 6.07) is 16.0. The van der Waals surface area contributed by atoms with Crippen molar-refractivity contribution >= 4 is 11.6 Å². The van der Waals surface area contributed by atoms with Crippen LogP contribution in [0.25, 0.3) is 11.3 Å². The van der Waals surface area contributed by atoms with Crippen molar-refractivity contribution in [3.05, 3.63) is 83.1 Å². The van der Waals surface area contributed by atoms with Gasteiger partial charge in [-0.3, -0.25) is 4.79 Å². The van der Waals surface area contributed by atoms with Crippen LogP contribution < -0.4 is 5.73 Å². The van der Waals surface area contributed by atoms with Gasteiger partial charge in [-0.05, 0) is 54.7 Å². The topological polar surface area (TPSA) is 77.8 Å². The second kappa shape index (κ2) is 7.79. The third-order valence-electron chi connectivity index (χ3n) is 6.59. The fourth-order valence-electron chi connectivity index (χ4n) is 4.97. The Labute approximate surface area is 188 Å². The molecule has 1 aliphatic heterocycles. The lowest BCUT2D eigenvalue weighted by molar-refractivity contribution is -0.137. The number of furan rings is 1. The molecular formula is C25H21F3N2O3. The third kappa shape index (κ3) is 3.50. The number of primary amides is 1. The average molecular weight is 454 g/mol. The lowest BCUT2D eigenvalue weighted by atomic mass is 9.63. The largest absolute Gasteiger partial charge is 0.455 e. The first-order valence-corrected chi connectivity index (χ1v) is 10.7. The number of carbonyl (C=O) groups excluding carboxylic acids is 1. The molecule has 2 aliphatic rings. The van der Waals surface area contributed by atoms with Crippen molar-refractivity contribution in [3.8, 4) is 11.3 Å². The van der Waals surface area contributed by atoms with Gasteiger partial charge in [0.2, 0.25) is 5.91 Å². The van der Waals surface area contributed by atoms with E-state index in [1.54, 1.807) is 12.1 Å². The highest BCUT2D eigenvalue weighted by molar-refractivity contribution is 6.17. The number of nitrogens with zero attached hydrogens (tertiary/aromatic N) is 1. The molecule has 0 saturated carbocycles. The van der Waals surface area contributed by atoms with Crippen molar-refractivity contribution in [2.45, 2.75) is 31.4 Å². The lowest BCUT2D eigenvalue weighted by Crippen LogP contribution is -2.50. The van der Waals surface area contributed by atoms with Gasteiger partial charge in [-0.25, -0.2) is 0 Å². The Bertz CT molecular complexity index is 1250. The number of rotatable bonds is 4. The first kappa shape index (κ1) is 21.3. The number of nitrogens with two attached hydrogens (primary N) is 1. The van der Waals surface area contributed by atoms with Crippen LogP contribution in [0.15, 0.2) is 70.2 Å². The van der Waals surface area contributed by atoms with Crippen LogP contribution in [0, 0.1) is 5.41 Å². The Balaban J connectivity index is 1.56. The number of hydrogen-bond acceptors (Lipinski definition) is 4. The van der Waals surface area contributed by atoms with Gasteiger partial charge in [0.1, 0.15) is 23.5 Å². The lowest BCUT2D eigenvalue weighted by Gasteiger charge is -2.37. The van der Waals surface area contributed by atoms with E-state index in [0.717, 1.165) is 42.5 Å². The van der Waals surface area contributed by atoms with Gasteiger partial charge in [-0.2, -0.15) is 13.2 Å². The molecule has 8 heteroatoms. The van der Waals surface area contributed by atoms with E-state index in [0.29, 0.717) is 0 Å². The SMILES string of the molecule is NC(=O)C1(C2CCCc3ccccc32)CON=C1c1ccc(-c2cccc(C(F)(F)F)c2)o1. The van der Waals surface area contributed by atoms with Gasteiger partial charge < -0.3 is 15.0 Å². The molecule has 5 rings (SSSR count). The van der Waals surface area contributed by atoms with Crippen LogP contribution in [0.3, 0.4) is 0 Å². The van der Waals surface area contributed by atoms with Crippen molar-refractivity contribution in [2.24, 2.45) is 16.3 Å². The normalized spacial score (nSPS) is 22.4. The van der Waals surface area contributed by atoms with Gasteiger partial charge >= 0.3 is 6.18 Å². The van der Waals surface area contributed by atoms with Crippen LogP contribution in [0.5, 0.6) is 0 Å². The van der Waals surface area contributed by atoms with Crippen molar-refractivity contribution in [3.63, 3.8) is 0 Å². The van der Waals surface area contributed by atoms with Gasteiger partial charge in [-0.1, -0.05) is 41.6 Å². The molecule has 3 aromatic rings. The Morgan fingerprint density at radius 1 is 1.06 bits per heavy atom. The van der Waals surface area contributed by atoms with E-state index in [1.807, 2.05) is 24.3 Å². The molecule has 0 bridgehead atoms. The second-order valence-corrected chi connectivity index (χ2v) is 8.44. The summed E-state index contributed by atoms with van der Waals surface area (Å²) >= 11 is 0. The molecule has 0 spiro atoms. The second-order valence-electron chi connectivity index (χ2n) is 8.44. The maximum absolute atomic E-state index is 13.1. The zero-order valence-corrected chi connectivity index (χ0v) is 17.6. The van der Waals surface area contributed by atoms with E-state index in [-0.39, 0.29) is 35.3 Å². The average Bonchev–Trinajstić information content (AvgIpc) is 3.46. The Morgan fingerprint density at radius 2 is 1.85 bits per heavy atom. The number of fused-ring (bicyclic) bond motifs is 1. The van der Waals surface area contributed by atoms with Crippen molar-refractivity contribution in [1.82, 2.24) is 0 Å². The summed E-state index contributed by atoms with van der Waals surface area (Å²) in [7, 11) is 0. The van der Waals surface area contributed by atoms with Crippen LogP contribution in [-0.2, 0) is 22.2 Å². The summed E-state index contributed by atoms with van der Waals surface area (Å²) in [5, 5.41) is 4.13. The number of benzene rings is 2. The fraction of sp³-hybridized carbons (Fsp3) is 0.280. The molecule has 2 aromatic carbocycles. The molecule has 2 unspecified atom stereocenters. The maximum Gasteiger partial charge on any atom is 0.416 e. The fourth-order valence-corrected chi connectivity index (χ4v) is 4.97. The molecule has 1 amide bonds. The highest BCUT2D eigenvalue weighted by Gasteiger charge is 2.55. The summed E-state index contributed by atoms with van der Waals surface area (Å²) in [4.78, 5) is 18.4. The van der Waals surface area contributed by atoms with E-state index in [1.165, 1.54) is 12.1 Å². The Hall–Kier alpha value is -3.55. The molecule has 2 atom stereocenters. The van der Waals surface area contributed by atoms with Crippen LogP contribution in [0.4, 0.5) is 13.2 Å². The minimum absolute atomic E-state index is 0.0176. The maximum atomic E-state index is 13.1. The summed E-state index contributed by atoms with van der Waals surface area (Å²) in [5.41, 5.74) is 6.69. The molecule has 1 aliphatic carbocycles. The molecule has 5 nitrogen and oxygen atoms in total. The minimum atomic E-state index is -4.47. The number of halogens is 3. The molecule has 0 radical (unpaired) electrons. The Morgan fingerprint density at radius 3 is 2.64 bits per heavy atom. The highest BCUT2D eigenvalue weighted by Crippen LogP contribution is 2.49. The van der Waals surface area contributed by atoms with Crippen LogP contribution in [0.2, 0.25) is 0 Å². The summed E-state index contributed by atoms with van der Waals surface area (Å²) in [6.07, 6.45) is -1.94. The van der Waals surface area contributed by atoms with Crippen molar-refractivity contribution < 1.29 is 27.2 Å². The molecule has 1 aromatic heterocycles. The Kier molecular flexibility index (Phi) is 5.03. The van der Waals surface area contributed by atoms with E-state index in [9.17, 15) is 18.0 Å². The predicted molar refractivity (Wildman–Crippen MR) is 115 cm³/mol. The number of hydrogen-bond donors (Lipinski definition) is 1. The molecule has 0 fully saturated rings. The quantitative estimate of drug-likeness (QED) is 0.582. The zero-order valence-electron chi connectivity index (χ0n) is 17.6. The van der Waals surface area contributed by atoms with Crippen LogP contribution in [-0.4, -0.2) is 18.2 Å². The molecule has 0 saturated heterocycles. The van der Waals surface area contributed by atoms with E-state index < -0.39 is 23.1 Å². The molecule has 33 heavy (non-hydrogen) atoms. The number of amides is 1. The summed E-state index contributed by atoms with van der Waals surface area (Å²) < 4.78 is 45.3. The van der Waals surface area contributed by atoms with E-state index in [4.69, 9.17) is 15.0 Å². The number of carbonyl (C=O) groups is 1. The third-order valence-corrected chi connectivity index (χ3v) is 6.59.